The summed E-state index contributed by atoms with van der Waals surface area (Å²) < 4.78 is 25.2. The number of halogens is 1. The number of rotatable bonds is 16. The van der Waals surface area contributed by atoms with Crippen LogP contribution in [0.2, 0.25) is 0 Å². The molecule has 0 radical (unpaired) electrons. The molecule has 0 spiro atoms. The summed E-state index contributed by atoms with van der Waals surface area (Å²) in [6, 6.07) is 45.8. The van der Waals surface area contributed by atoms with Crippen molar-refractivity contribution in [1.82, 2.24) is 15.2 Å². The largest absolute Gasteiger partial charge is 0.448 e. The number of fused-ring (bicyclic) bond motifs is 1. The highest BCUT2D eigenvalue weighted by atomic mass is 32.2. The van der Waals surface area contributed by atoms with Crippen LogP contribution in [0.1, 0.15) is 66.3 Å². The number of esters is 1. The first-order valence-corrected chi connectivity index (χ1v) is 22.9. The summed E-state index contributed by atoms with van der Waals surface area (Å²) in [5.74, 6) is -1.63. The zero-order valence-corrected chi connectivity index (χ0v) is 37.0. The standard InChI is InChI=1S/C50H44FN5O7S2/c1-3-19-39(51)61-49(60)54-48-52-38(31-65-48)40(55-63-50(35-24-13-6-14-25-35,36-26-15-7-16-27-36)37-28-17-8-18-29-37)44(57)53-41-45(58)56-42(32(2)30-64-46(41)56)47(59)62-43(33-20-9-4-10-21-33)34-22-11-5-12-23-34/h4-18,20-29,31,39,41,43,46H,3,19,30H2,1-2H3,(H,53,57)(H,52,54,60). The van der Waals surface area contributed by atoms with E-state index >= 15 is 0 Å². The third-order valence-electron chi connectivity index (χ3n) is 10.8. The molecule has 1 fully saturated rings. The van der Waals surface area contributed by atoms with Gasteiger partial charge in [0.25, 0.3) is 11.8 Å². The summed E-state index contributed by atoms with van der Waals surface area (Å²) >= 11 is 2.34. The highest BCUT2D eigenvalue weighted by Crippen LogP contribution is 2.43. The molecule has 330 valence electrons. The van der Waals surface area contributed by atoms with Crippen molar-refractivity contribution in [2.75, 3.05) is 11.1 Å². The van der Waals surface area contributed by atoms with Crippen LogP contribution in [0.15, 0.2) is 173 Å². The first-order valence-electron chi connectivity index (χ1n) is 20.9. The van der Waals surface area contributed by atoms with Crippen LogP contribution in [0.4, 0.5) is 14.3 Å². The van der Waals surface area contributed by atoms with Crippen molar-refractivity contribution in [3.05, 3.63) is 202 Å². The van der Waals surface area contributed by atoms with E-state index < -0.39 is 53.4 Å². The summed E-state index contributed by atoms with van der Waals surface area (Å²) in [5, 5.41) is 10.7. The predicted molar refractivity (Wildman–Crippen MR) is 247 cm³/mol. The van der Waals surface area contributed by atoms with E-state index in [1.54, 1.807) is 13.8 Å². The Morgan fingerprint density at radius 1 is 0.815 bits per heavy atom. The van der Waals surface area contributed by atoms with Crippen molar-refractivity contribution in [3.63, 3.8) is 0 Å². The van der Waals surface area contributed by atoms with E-state index in [1.165, 1.54) is 22.0 Å². The number of nitrogens with one attached hydrogen (secondary N) is 2. The second kappa shape index (κ2) is 20.2. The van der Waals surface area contributed by atoms with Gasteiger partial charge in [-0.2, -0.15) is 0 Å². The van der Waals surface area contributed by atoms with Crippen molar-refractivity contribution < 1.29 is 37.9 Å². The zero-order chi connectivity index (χ0) is 45.3. The maximum absolute atomic E-state index is 14.7. The van der Waals surface area contributed by atoms with Gasteiger partial charge in [-0.3, -0.25) is 19.8 Å². The van der Waals surface area contributed by atoms with Crippen LogP contribution in [-0.2, 0) is 34.3 Å². The summed E-state index contributed by atoms with van der Waals surface area (Å²) in [5.41, 5.74) is 2.65. The van der Waals surface area contributed by atoms with E-state index in [-0.39, 0.29) is 28.7 Å². The number of thioether (sulfide) groups is 1. The van der Waals surface area contributed by atoms with Crippen LogP contribution >= 0.6 is 23.1 Å². The van der Waals surface area contributed by atoms with E-state index in [9.17, 15) is 23.6 Å². The summed E-state index contributed by atoms with van der Waals surface area (Å²) in [6.07, 6.45) is -3.13. The molecule has 0 saturated carbocycles. The first-order chi connectivity index (χ1) is 31.7. The van der Waals surface area contributed by atoms with Crippen molar-refractivity contribution in [1.29, 1.82) is 0 Å². The van der Waals surface area contributed by atoms with Gasteiger partial charge in [0.1, 0.15) is 22.8 Å². The lowest BCUT2D eigenvalue weighted by molar-refractivity contribution is -0.154. The summed E-state index contributed by atoms with van der Waals surface area (Å²) in [7, 11) is 0. The van der Waals surface area contributed by atoms with Gasteiger partial charge in [-0.25, -0.2) is 19.0 Å². The van der Waals surface area contributed by atoms with E-state index in [0.29, 0.717) is 34.4 Å². The highest BCUT2D eigenvalue weighted by Gasteiger charge is 2.54. The Bertz CT molecular complexity index is 2550. The number of ether oxygens (including phenoxy) is 2. The van der Waals surface area contributed by atoms with Gasteiger partial charge in [-0.1, -0.05) is 164 Å². The first kappa shape index (κ1) is 44.5. The number of β-lactam (4-membered cyclic amide) rings is 1. The maximum atomic E-state index is 14.7. The Hall–Kier alpha value is -7.10. The van der Waals surface area contributed by atoms with Gasteiger partial charge >= 0.3 is 12.1 Å². The van der Waals surface area contributed by atoms with E-state index in [4.69, 9.17) is 14.3 Å². The molecule has 3 heterocycles. The fraction of sp³-hybridized carbons (Fsp3) is 0.200. The number of benzene rings is 5. The molecule has 2 aliphatic rings. The zero-order valence-electron chi connectivity index (χ0n) is 35.3. The summed E-state index contributed by atoms with van der Waals surface area (Å²) in [4.78, 5) is 68.1. The summed E-state index contributed by atoms with van der Waals surface area (Å²) in [6.45, 7) is 3.54. The Morgan fingerprint density at radius 3 is 1.86 bits per heavy atom. The lowest BCUT2D eigenvalue weighted by Gasteiger charge is -2.49. The molecule has 2 N–H and O–H groups in total. The lowest BCUT2D eigenvalue weighted by atomic mass is 9.80. The van der Waals surface area contributed by atoms with Gasteiger partial charge in [0, 0.05) is 34.2 Å². The van der Waals surface area contributed by atoms with Crippen LogP contribution in [0.25, 0.3) is 0 Å². The number of alkyl halides is 1. The minimum absolute atomic E-state index is 0.00329. The van der Waals surface area contributed by atoms with Crippen molar-refractivity contribution in [2.24, 2.45) is 5.16 Å². The molecule has 5 aromatic carbocycles. The molecule has 1 aromatic heterocycles. The monoisotopic (exact) mass is 909 g/mol. The molecule has 6 aromatic rings. The number of hydrogen-bond donors (Lipinski definition) is 2. The molecular weight excluding hydrogens is 866 g/mol. The third kappa shape index (κ3) is 9.57. The minimum Gasteiger partial charge on any atom is -0.448 e. The molecular formula is C50H44FN5O7S2. The number of aromatic nitrogens is 1. The van der Waals surface area contributed by atoms with Crippen LogP contribution in [0.5, 0.6) is 0 Å². The smallest absolute Gasteiger partial charge is 0.415 e. The highest BCUT2D eigenvalue weighted by molar-refractivity contribution is 8.00. The number of oxime groups is 1. The molecule has 3 atom stereocenters. The van der Waals surface area contributed by atoms with Gasteiger partial charge in [0.05, 0.1) is 0 Å². The molecule has 3 unspecified atom stereocenters. The molecule has 0 bridgehead atoms. The van der Waals surface area contributed by atoms with Crippen molar-refractivity contribution in [3.8, 4) is 0 Å². The number of amides is 3. The Kier molecular flexibility index (Phi) is 13.8. The van der Waals surface area contributed by atoms with Crippen molar-refractivity contribution >= 4 is 57.8 Å². The average Bonchev–Trinajstić information content (AvgIpc) is 3.80. The molecule has 0 aliphatic carbocycles. The molecule has 8 rings (SSSR count). The van der Waals surface area contributed by atoms with Gasteiger partial charge in [0.2, 0.25) is 12.0 Å². The van der Waals surface area contributed by atoms with Crippen LogP contribution in [0, 0.1) is 0 Å². The number of thiazole rings is 1. The second-order valence-corrected chi connectivity index (χ2v) is 17.1. The average molecular weight is 910 g/mol. The van der Waals surface area contributed by atoms with E-state index in [2.05, 4.69) is 20.8 Å². The minimum atomic E-state index is -1.81. The fourth-order valence-electron chi connectivity index (χ4n) is 7.67. The van der Waals surface area contributed by atoms with Crippen LogP contribution in [-0.4, -0.2) is 63.0 Å². The Labute approximate surface area is 383 Å². The van der Waals surface area contributed by atoms with Gasteiger partial charge in [-0.15, -0.1) is 23.1 Å². The lowest BCUT2D eigenvalue weighted by Crippen LogP contribution is -2.71. The molecule has 65 heavy (non-hydrogen) atoms. The molecule has 12 nitrogen and oxygen atoms in total. The third-order valence-corrected chi connectivity index (χ3v) is 13.0. The van der Waals surface area contributed by atoms with Gasteiger partial charge in [0.15, 0.2) is 16.9 Å². The van der Waals surface area contributed by atoms with E-state index in [0.717, 1.165) is 22.5 Å². The van der Waals surface area contributed by atoms with Crippen LogP contribution < -0.4 is 10.6 Å². The van der Waals surface area contributed by atoms with E-state index in [1.807, 2.05) is 152 Å². The maximum Gasteiger partial charge on any atom is 0.415 e. The Balaban J connectivity index is 1.11. The normalized spacial score (nSPS) is 16.5. The molecule has 3 amide bonds. The number of carbonyl (C=O) groups is 4. The van der Waals surface area contributed by atoms with Gasteiger partial charge in [-0.05, 0) is 30.0 Å². The quantitative estimate of drug-likeness (QED) is 0.0319. The van der Waals surface area contributed by atoms with Gasteiger partial charge < -0.3 is 19.6 Å². The number of anilines is 1. The fourth-order valence-corrected chi connectivity index (χ4v) is 9.65. The molecule has 1 saturated heterocycles. The topological polar surface area (TPSA) is 149 Å². The number of hydrogen-bond acceptors (Lipinski definition) is 11. The Morgan fingerprint density at radius 2 is 1.34 bits per heavy atom. The number of carbonyl (C=O) groups excluding carboxylic acids is 4. The number of nitrogens with zero attached hydrogens (tertiary/aromatic N) is 3. The molecule has 15 heteroatoms. The predicted octanol–water partition coefficient (Wildman–Crippen LogP) is 9.51. The van der Waals surface area contributed by atoms with Crippen LogP contribution in [0.3, 0.4) is 0 Å². The second-order valence-electron chi connectivity index (χ2n) is 15.2. The van der Waals surface area contributed by atoms with Crippen molar-refractivity contribution in [2.45, 2.75) is 56.2 Å². The molecule has 2 aliphatic heterocycles. The SMILES string of the molecule is CCCC(F)OC(=O)Nc1nc(C(=NOC(c2ccccc2)(c2ccccc2)c2ccccc2)C(=O)NC2C(=O)N3C(C(=O)OC(c4ccccc4)c4ccccc4)=C(C)CSC23)cs1.